The highest BCUT2D eigenvalue weighted by Crippen LogP contribution is 2.42. The van der Waals surface area contributed by atoms with Crippen LogP contribution in [-0.2, 0) is 14.4 Å². The SMILES string of the molecule is CN(C)CC(C)(C)C(=O)N(C1CCC(C)(C)CC1)[C@H]1C[C@@H](C(=O)N(C)C)N(C(=O)C2CN(C(C)(C)C)C[C@H]2c2ccc(Cl)cc2)C1.Cl. The summed E-state index contributed by atoms with van der Waals surface area (Å²) in [5.74, 6) is -0.259. The summed E-state index contributed by atoms with van der Waals surface area (Å²) < 4.78 is 0. The van der Waals surface area contributed by atoms with Gasteiger partial charge in [-0.2, -0.15) is 0 Å². The van der Waals surface area contributed by atoms with Gasteiger partial charge in [0.25, 0.3) is 0 Å². The predicted octanol–water partition coefficient (Wildman–Crippen LogP) is 6.02. The summed E-state index contributed by atoms with van der Waals surface area (Å²) in [6.07, 6.45) is 4.45. The molecule has 0 bridgehead atoms. The normalized spacial score (nSPS) is 25.5. The van der Waals surface area contributed by atoms with Crippen LogP contribution in [0.2, 0.25) is 5.02 Å². The summed E-state index contributed by atoms with van der Waals surface area (Å²) in [4.78, 5) is 53.3. The first-order chi connectivity index (χ1) is 21.2. The van der Waals surface area contributed by atoms with Gasteiger partial charge in [0.15, 0.2) is 0 Å². The van der Waals surface area contributed by atoms with Crippen LogP contribution in [0.1, 0.15) is 92.1 Å². The molecule has 2 heterocycles. The first-order valence-corrected chi connectivity index (χ1v) is 17.6. The number of hydrogen-bond acceptors (Lipinski definition) is 5. The van der Waals surface area contributed by atoms with E-state index < -0.39 is 11.5 Å². The second kappa shape index (κ2) is 14.9. The van der Waals surface area contributed by atoms with E-state index in [1.165, 1.54) is 0 Å². The lowest BCUT2D eigenvalue weighted by molar-refractivity contribution is -0.148. The molecule has 1 aromatic carbocycles. The Morgan fingerprint density at radius 1 is 0.894 bits per heavy atom. The van der Waals surface area contributed by atoms with E-state index in [-0.39, 0.29) is 65.0 Å². The van der Waals surface area contributed by atoms with E-state index in [2.05, 4.69) is 49.3 Å². The molecule has 266 valence electrons. The molecule has 4 atom stereocenters. The average molecular weight is 695 g/mol. The number of hydrogen-bond donors (Lipinski definition) is 0. The second-order valence-electron chi connectivity index (χ2n) is 17.2. The largest absolute Gasteiger partial charge is 0.347 e. The number of nitrogens with zero attached hydrogens (tertiary/aromatic N) is 5. The number of rotatable bonds is 8. The summed E-state index contributed by atoms with van der Waals surface area (Å²) in [6.45, 7) is 17.6. The Balaban J connectivity index is 0.00000600. The van der Waals surface area contributed by atoms with Crippen LogP contribution in [0.25, 0.3) is 0 Å². The molecule has 1 aliphatic carbocycles. The van der Waals surface area contributed by atoms with Gasteiger partial charge in [0, 0.05) is 62.8 Å². The van der Waals surface area contributed by atoms with E-state index in [0.29, 0.717) is 31.1 Å². The van der Waals surface area contributed by atoms with Gasteiger partial charge in [0.2, 0.25) is 17.7 Å². The molecule has 3 fully saturated rings. The van der Waals surface area contributed by atoms with Crippen LogP contribution in [0, 0.1) is 16.7 Å². The number of likely N-dealkylation sites (tertiary alicyclic amines) is 2. The van der Waals surface area contributed by atoms with E-state index in [9.17, 15) is 14.4 Å². The number of carbonyl (C=O) groups excluding carboxylic acids is 3. The summed E-state index contributed by atoms with van der Waals surface area (Å²) in [7, 11) is 7.53. The third-order valence-corrected chi connectivity index (χ3v) is 11.0. The fourth-order valence-corrected chi connectivity index (χ4v) is 8.28. The molecular weight excluding hydrogens is 633 g/mol. The van der Waals surface area contributed by atoms with E-state index in [4.69, 9.17) is 11.6 Å². The molecule has 1 saturated carbocycles. The van der Waals surface area contributed by atoms with E-state index >= 15 is 0 Å². The zero-order chi connectivity index (χ0) is 34.4. The van der Waals surface area contributed by atoms with Gasteiger partial charge in [-0.05, 0) is 104 Å². The van der Waals surface area contributed by atoms with Gasteiger partial charge < -0.3 is 19.6 Å². The van der Waals surface area contributed by atoms with Crippen LogP contribution in [0.4, 0.5) is 0 Å². The minimum absolute atomic E-state index is 0. The molecule has 2 saturated heterocycles. The third kappa shape index (κ3) is 9.03. The van der Waals surface area contributed by atoms with Crippen molar-refractivity contribution < 1.29 is 14.4 Å². The first-order valence-electron chi connectivity index (χ1n) is 17.2. The Hall–Kier alpha value is -1.87. The van der Waals surface area contributed by atoms with Crippen molar-refractivity contribution in [1.29, 1.82) is 0 Å². The van der Waals surface area contributed by atoms with E-state index in [1.54, 1.807) is 19.0 Å². The predicted molar refractivity (Wildman–Crippen MR) is 194 cm³/mol. The lowest BCUT2D eigenvalue weighted by Crippen LogP contribution is -2.56. The molecule has 0 radical (unpaired) electrons. The Morgan fingerprint density at radius 3 is 1.98 bits per heavy atom. The zero-order valence-corrected chi connectivity index (χ0v) is 32.4. The van der Waals surface area contributed by atoms with Crippen molar-refractivity contribution in [3.8, 4) is 0 Å². The maximum Gasteiger partial charge on any atom is 0.244 e. The molecule has 1 unspecified atom stereocenters. The fourth-order valence-electron chi connectivity index (χ4n) is 8.15. The van der Waals surface area contributed by atoms with Crippen molar-refractivity contribution in [2.75, 3.05) is 54.4 Å². The molecule has 10 heteroatoms. The van der Waals surface area contributed by atoms with Crippen LogP contribution in [-0.4, -0.2) is 120 Å². The highest BCUT2D eigenvalue weighted by molar-refractivity contribution is 6.30. The van der Waals surface area contributed by atoms with Gasteiger partial charge in [0.05, 0.1) is 17.4 Å². The Morgan fingerprint density at radius 2 is 1.47 bits per heavy atom. The van der Waals surface area contributed by atoms with E-state index in [0.717, 1.165) is 37.8 Å². The maximum absolute atomic E-state index is 14.8. The van der Waals surface area contributed by atoms with Crippen molar-refractivity contribution in [2.45, 2.75) is 110 Å². The molecule has 0 N–H and O–H groups in total. The number of amides is 3. The van der Waals surface area contributed by atoms with Gasteiger partial charge in [-0.15, -0.1) is 12.4 Å². The number of carbonyl (C=O) groups is 3. The fraction of sp³-hybridized carbons (Fsp3) is 0.757. The van der Waals surface area contributed by atoms with Gasteiger partial charge in [0.1, 0.15) is 6.04 Å². The molecule has 3 aliphatic rings. The minimum atomic E-state index is -0.604. The quantitative estimate of drug-likeness (QED) is 0.333. The van der Waals surface area contributed by atoms with Crippen LogP contribution in [0.3, 0.4) is 0 Å². The van der Waals surface area contributed by atoms with Crippen molar-refractivity contribution in [3.05, 3.63) is 34.9 Å². The molecule has 2 aliphatic heterocycles. The van der Waals surface area contributed by atoms with E-state index in [1.807, 2.05) is 57.1 Å². The Labute approximate surface area is 295 Å². The van der Waals surface area contributed by atoms with Crippen LogP contribution in [0.5, 0.6) is 0 Å². The van der Waals surface area contributed by atoms with Crippen LogP contribution >= 0.6 is 24.0 Å². The van der Waals surface area contributed by atoms with Crippen LogP contribution < -0.4 is 0 Å². The number of halogens is 2. The summed E-state index contributed by atoms with van der Waals surface area (Å²) in [5.41, 5.74) is 0.631. The summed E-state index contributed by atoms with van der Waals surface area (Å²) in [6, 6.07) is 7.14. The van der Waals surface area contributed by atoms with Crippen molar-refractivity contribution >= 4 is 41.7 Å². The van der Waals surface area contributed by atoms with Gasteiger partial charge in [-0.25, -0.2) is 0 Å². The lowest BCUT2D eigenvalue weighted by atomic mass is 9.74. The zero-order valence-electron chi connectivity index (χ0n) is 30.8. The standard InChI is InChI=1S/C37H60ClN5O3.ClH/c1-35(2,3)41-22-29(25-12-14-26(38)15-13-25)30(23-41)32(44)42-21-28(20-31(42)33(45)40(10)11)43(27-16-18-36(4,5)19-17-27)34(46)37(6,7)24-39(8)9;/h12-15,27-31H,16-24H2,1-11H3;1H/t28-,29-,30?,31-;/m0./s1. The number of benzene rings is 1. The average Bonchev–Trinajstić information content (AvgIpc) is 3.59. The third-order valence-electron chi connectivity index (χ3n) is 10.8. The summed E-state index contributed by atoms with van der Waals surface area (Å²) >= 11 is 6.25. The Bertz CT molecular complexity index is 1250. The minimum Gasteiger partial charge on any atom is -0.347 e. The summed E-state index contributed by atoms with van der Waals surface area (Å²) in [5, 5.41) is 0.671. The van der Waals surface area contributed by atoms with Gasteiger partial charge in [-0.3, -0.25) is 19.3 Å². The number of likely N-dealkylation sites (N-methyl/N-ethyl adjacent to an activating group) is 1. The molecule has 4 rings (SSSR count). The first kappa shape index (κ1) is 39.6. The van der Waals surface area contributed by atoms with Crippen molar-refractivity contribution in [1.82, 2.24) is 24.5 Å². The molecule has 0 aromatic heterocycles. The van der Waals surface area contributed by atoms with Crippen molar-refractivity contribution in [2.24, 2.45) is 16.7 Å². The molecule has 0 spiro atoms. The van der Waals surface area contributed by atoms with Gasteiger partial charge in [-0.1, -0.05) is 37.6 Å². The maximum atomic E-state index is 14.8. The monoisotopic (exact) mass is 693 g/mol. The molecule has 1 aromatic rings. The molecule has 3 amide bonds. The Kier molecular flexibility index (Phi) is 12.6. The highest BCUT2D eigenvalue weighted by atomic mass is 35.5. The molecule has 47 heavy (non-hydrogen) atoms. The second-order valence-corrected chi connectivity index (χ2v) is 17.6. The topological polar surface area (TPSA) is 67.4 Å². The smallest absolute Gasteiger partial charge is 0.244 e. The highest BCUT2D eigenvalue weighted by Gasteiger charge is 2.51. The molecular formula is C37H61Cl2N5O3. The van der Waals surface area contributed by atoms with Crippen LogP contribution in [0.15, 0.2) is 24.3 Å². The molecule has 8 nitrogen and oxygen atoms in total. The van der Waals surface area contributed by atoms with Crippen molar-refractivity contribution in [3.63, 3.8) is 0 Å². The lowest BCUT2D eigenvalue weighted by Gasteiger charge is -2.45. The van der Waals surface area contributed by atoms with Gasteiger partial charge >= 0.3 is 0 Å².